The largest absolute Gasteiger partial charge is 0.493 e. The fraction of sp³-hybridized carbons (Fsp3) is 0.364. The van der Waals surface area contributed by atoms with Crippen molar-refractivity contribution >= 4 is 29.3 Å². The quantitative estimate of drug-likeness (QED) is 0.902. The predicted octanol–water partition coefficient (Wildman–Crippen LogP) is 2.59. The van der Waals surface area contributed by atoms with E-state index >= 15 is 0 Å². The van der Waals surface area contributed by atoms with Crippen LogP contribution in [0, 0.1) is 0 Å². The second-order valence-corrected chi connectivity index (χ2v) is 4.96. The minimum absolute atomic E-state index is 0.0985. The molecule has 1 aliphatic heterocycles. The first kappa shape index (κ1) is 11.6. The first-order chi connectivity index (χ1) is 7.66. The Morgan fingerprint density at radius 2 is 2.38 bits per heavy atom. The molecule has 0 saturated carbocycles. The first-order valence-electron chi connectivity index (χ1n) is 4.90. The van der Waals surface area contributed by atoms with Gasteiger partial charge in [0.05, 0.1) is 12.4 Å². The summed E-state index contributed by atoms with van der Waals surface area (Å²) in [6, 6.07) is 3.76. The van der Waals surface area contributed by atoms with Gasteiger partial charge in [0, 0.05) is 22.8 Å². The van der Waals surface area contributed by atoms with Gasteiger partial charge in [0.15, 0.2) is 0 Å². The summed E-state index contributed by atoms with van der Waals surface area (Å²) in [4.78, 5) is 10.4. The van der Waals surface area contributed by atoms with E-state index in [-0.39, 0.29) is 5.75 Å². The molecule has 2 rings (SSSR count). The molecule has 0 unspecified atom stereocenters. The molecule has 3 nitrogen and oxygen atoms in total. The lowest BCUT2D eigenvalue weighted by Gasteiger charge is -2.07. The van der Waals surface area contributed by atoms with Crippen LogP contribution >= 0.6 is 23.4 Å². The van der Waals surface area contributed by atoms with Crippen molar-refractivity contribution in [3.05, 3.63) is 28.3 Å². The van der Waals surface area contributed by atoms with E-state index in [0.29, 0.717) is 17.4 Å². The van der Waals surface area contributed by atoms with Crippen molar-refractivity contribution in [2.45, 2.75) is 12.2 Å². The molecule has 1 aromatic carbocycles. The molecule has 86 valence electrons. The maximum atomic E-state index is 10.4. The van der Waals surface area contributed by atoms with Gasteiger partial charge < -0.3 is 9.84 Å². The molecule has 5 heteroatoms. The Bertz CT molecular complexity index is 420. The molecule has 0 bridgehead atoms. The molecule has 0 fully saturated rings. The first-order valence-corrected chi connectivity index (χ1v) is 6.43. The zero-order valence-corrected chi connectivity index (χ0v) is 10.1. The van der Waals surface area contributed by atoms with Crippen molar-refractivity contribution in [1.82, 2.24) is 0 Å². The van der Waals surface area contributed by atoms with Crippen LogP contribution in [0.2, 0.25) is 5.02 Å². The standard InChI is InChI=1S/C11H11ClO3S/c12-9-3-7-1-2-15-11(7)8(4-9)5-16-6-10(13)14/h3-4H,1-2,5-6H2,(H,13,14). The topological polar surface area (TPSA) is 46.5 Å². The number of hydrogen-bond acceptors (Lipinski definition) is 3. The van der Waals surface area contributed by atoms with Gasteiger partial charge in [-0.05, 0) is 17.7 Å². The van der Waals surface area contributed by atoms with E-state index in [0.717, 1.165) is 23.3 Å². The molecule has 0 amide bonds. The van der Waals surface area contributed by atoms with Crippen molar-refractivity contribution in [3.8, 4) is 5.75 Å². The number of fused-ring (bicyclic) bond motifs is 1. The Hall–Kier alpha value is -0.870. The summed E-state index contributed by atoms with van der Waals surface area (Å²) in [5.74, 6) is 0.808. The Balaban J connectivity index is 2.11. The molecule has 0 aliphatic carbocycles. The summed E-state index contributed by atoms with van der Waals surface area (Å²) >= 11 is 7.34. The van der Waals surface area contributed by atoms with Crippen LogP contribution in [0.5, 0.6) is 5.75 Å². The van der Waals surface area contributed by atoms with Gasteiger partial charge in [-0.3, -0.25) is 4.79 Å². The van der Waals surface area contributed by atoms with Crippen molar-refractivity contribution in [2.75, 3.05) is 12.4 Å². The highest BCUT2D eigenvalue weighted by Gasteiger charge is 2.17. The maximum absolute atomic E-state index is 10.4. The Kier molecular flexibility index (Phi) is 3.61. The highest BCUT2D eigenvalue weighted by Crippen LogP contribution is 2.34. The Morgan fingerprint density at radius 3 is 3.12 bits per heavy atom. The zero-order chi connectivity index (χ0) is 11.5. The summed E-state index contributed by atoms with van der Waals surface area (Å²) in [5.41, 5.74) is 2.12. The lowest BCUT2D eigenvalue weighted by atomic mass is 10.1. The van der Waals surface area contributed by atoms with Gasteiger partial charge in [-0.2, -0.15) is 0 Å². The van der Waals surface area contributed by atoms with E-state index in [1.165, 1.54) is 11.8 Å². The van der Waals surface area contributed by atoms with Crippen LogP contribution in [0.4, 0.5) is 0 Å². The molecule has 16 heavy (non-hydrogen) atoms. The zero-order valence-electron chi connectivity index (χ0n) is 8.53. The number of hydrogen-bond donors (Lipinski definition) is 1. The summed E-state index contributed by atoms with van der Waals surface area (Å²) in [5, 5.41) is 9.25. The van der Waals surface area contributed by atoms with Crippen LogP contribution in [0.3, 0.4) is 0 Å². The Labute approximate surface area is 103 Å². The van der Waals surface area contributed by atoms with Crippen LogP contribution < -0.4 is 4.74 Å². The predicted molar refractivity (Wildman–Crippen MR) is 64.4 cm³/mol. The van der Waals surface area contributed by atoms with Crippen LogP contribution in [-0.2, 0) is 17.0 Å². The van der Waals surface area contributed by atoms with E-state index in [9.17, 15) is 4.79 Å². The molecule has 1 aromatic rings. The van der Waals surface area contributed by atoms with Crippen molar-refractivity contribution in [3.63, 3.8) is 0 Å². The number of carbonyl (C=O) groups is 1. The third kappa shape index (κ3) is 2.62. The third-order valence-corrected chi connectivity index (χ3v) is 3.49. The Morgan fingerprint density at radius 1 is 1.56 bits per heavy atom. The normalized spacial score (nSPS) is 13.3. The van der Waals surface area contributed by atoms with Crippen LogP contribution in [0.25, 0.3) is 0 Å². The molecule has 0 atom stereocenters. The number of carboxylic acid groups (broad SMARTS) is 1. The molecule has 0 radical (unpaired) electrons. The number of rotatable bonds is 4. The summed E-state index contributed by atoms with van der Waals surface area (Å²) in [6.45, 7) is 0.687. The number of thioether (sulfide) groups is 1. The van der Waals surface area contributed by atoms with Crippen LogP contribution in [-0.4, -0.2) is 23.4 Å². The molecular formula is C11H11ClO3S. The van der Waals surface area contributed by atoms with Gasteiger partial charge in [-0.1, -0.05) is 11.6 Å². The average Bonchev–Trinajstić information content (AvgIpc) is 2.64. The van der Waals surface area contributed by atoms with Gasteiger partial charge in [0.2, 0.25) is 0 Å². The maximum Gasteiger partial charge on any atom is 0.313 e. The number of ether oxygens (including phenoxy) is 1. The third-order valence-electron chi connectivity index (χ3n) is 2.31. The van der Waals surface area contributed by atoms with Gasteiger partial charge >= 0.3 is 5.97 Å². The summed E-state index contributed by atoms with van der Waals surface area (Å²) in [6.07, 6.45) is 0.881. The van der Waals surface area contributed by atoms with E-state index in [4.69, 9.17) is 21.4 Å². The lowest BCUT2D eigenvalue weighted by molar-refractivity contribution is -0.133. The van der Waals surface area contributed by atoms with Gasteiger partial charge in [-0.15, -0.1) is 11.8 Å². The van der Waals surface area contributed by atoms with E-state index in [1.807, 2.05) is 12.1 Å². The summed E-state index contributed by atoms with van der Waals surface area (Å²) in [7, 11) is 0. The van der Waals surface area contributed by atoms with Crippen molar-refractivity contribution < 1.29 is 14.6 Å². The smallest absolute Gasteiger partial charge is 0.313 e. The molecule has 1 aliphatic rings. The molecule has 0 spiro atoms. The highest BCUT2D eigenvalue weighted by molar-refractivity contribution is 7.99. The fourth-order valence-electron chi connectivity index (χ4n) is 1.70. The number of aliphatic carboxylic acids is 1. The number of carboxylic acids is 1. The second-order valence-electron chi connectivity index (χ2n) is 3.54. The highest BCUT2D eigenvalue weighted by atomic mass is 35.5. The SMILES string of the molecule is O=C(O)CSCc1cc(Cl)cc2c1OCC2. The second kappa shape index (κ2) is 4.97. The minimum atomic E-state index is -0.801. The van der Waals surface area contributed by atoms with E-state index < -0.39 is 5.97 Å². The number of halogens is 1. The van der Waals surface area contributed by atoms with E-state index in [1.54, 1.807) is 0 Å². The lowest BCUT2D eigenvalue weighted by Crippen LogP contribution is -1.99. The van der Waals surface area contributed by atoms with Gasteiger partial charge in [-0.25, -0.2) is 0 Å². The van der Waals surface area contributed by atoms with Crippen molar-refractivity contribution in [1.29, 1.82) is 0 Å². The molecule has 0 saturated heterocycles. The summed E-state index contributed by atoms with van der Waals surface area (Å²) < 4.78 is 5.52. The molecule has 0 aromatic heterocycles. The molecule has 1 N–H and O–H groups in total. The monoisotopic (exact) mass is 258 g/mol. The average molecular weight is 259 g/mol. The fourth-order valence-corrected chi connectivity index (χ4v) is 2.68. The van der Waals surface area contributed by atoms with Crippen LogP contribution in [0.15, 0.2) is 12.1 Å². The van der Waals surface area contributed by atoms with Gasteiger partial charge in [0.1, 0.15) is 5.75 Å². The number of benzene rings is 1. The van der Waals surface area contributed by atoms with Crippen molar-refractivity contribution in [2.24, 2.45) is 0 Å². The van der Waals surface area contributed by atoms with Crippen LogP contribution in [0.1, 0.15) is 11.1 Å². The molecular weight excluding hydrogens is 248 g/mol. The van der Waals surface area contributed by atoms with E-state index in [2.05, 4.69) is 0 Å². The molecule has 1 heterocycles. The van der Waals surface area contributed by atoms with Gasteiger partial charge in [0.25, 0.3) is 0 Å². The minimum Gasteiger partial charge on any atom is -0.493 e.